The van der Waals surface area contributed by atoms with Gasteiger partial charge in [-0.3, -0.25) is 4.79 Å². The molecule has 1 atom stereocenters. The summed E-state index contributed by atoms with van der Waals surface area (Å²) in [7, 11) is -0.410. The van der Waals surface area contributed by atoms with Crippen molar-refractivity contribution in [3.63, 3.8) is 0 Å². The van der Waals surface area contributed by atoms with E-state index in [9.17, 15) is 13.2 Å². The number of fused-ring (bicyclic) bond motifs is 1. The molecular formula is C24H29N3O5S2. The first-order valence-electron chi connectivity index (χ1n) is 11.3. The zero-order valence-corrected chi connectivity index (χ0v) is 21.4. The fraction of sp³-hybridized carbons (Fsp3) is 0.417. The van der Waals surface area contributed by atoms with Crippen LogP contribution in [0.4, 0.5) is 0 Å². The number of hydrogen-bond acceptors (Lipinski definition) is 6. The van der Waals surface area contributed by atoms with Gasteiger partial charge in [-0.1, -0.05) is 17.8 Å². The molecule has 1 aliphatic heterocycles. The molecule has 0 spiro atoms. The predicted octanol–water partition coefficient (Wildman–Crippen LogP) is 4.04. The fourth-order valence-corrected chi connectivity index (χ4v) is 7.12. The average molecular weight is 504 g/mol. The van der Waals surface area contributed by atoms with Crippen molar-refractivity contribution >= 4 is 37.5 Å². The molecule has 1 saturated heterocycles. The second-order valence-corrected chi connectivity index (χ2v) is 11.1. The topological polar surface area (TPSA) is 90.2 Å². The molecule has 8 nitrogen and oxygen atoms in total. The molecule has 34 heavy (non-hydrogen) atoms. The maximum atomic E-state index is 13.1. The van der Waals surface area contributed by atoms with Crippen molar-refractivity contribution in [2.45, 2.75) is 50.6 Å². The number of hydrogen-bond donors (Lipinski definition) is 0. The quantitative estimate of drug-likeness (QED) is 0.506. The molecule has 0 bridgehead atoms. The van der Waals surface area contributed by atoms with Gasteiger partial charge in [0, 0.05) is 30.8 Å². The number of sulfonamides is 1. The van der Waals surface area contributed by atoms with Crippen molar-refractivity contribution in [1.29, 1.82) is 0 Å². The lowest BCUT2D eigenvalue weighted by Crippen LogP contribution is -2.41. The van der Waals surface area contributed by atoms with E-state index in [0.717, 1.165) is 29.5 Å². The van der Waals surface area contributed by atoms with E-state index >= 15 is 0 Å². The van der Waals surface area contributed by atoms with Crippen LogP contribution in [0.5, 0.6) is 11.5 Å². The van der Waals surface area contributed by atoms with Gasteiger partial charge in [-0.15, -0.1) is 0 Å². The summed E-state index contributed by atoms with van der Waals surface area (Å²) < 4.78 is 41.4. The third-order valence-electron chi connectivity index (χ3n) is 6.13. The van der Waals surface area contributed by atoms with Crippen LogP contribution >= 0.6 is 11.3 Å². The van der Waals surface area contributed by atoms with Crippen LogP contribution in [0.15, 0.2) is 46.3 Å². The standard InChI is InChI=1S/C24H29N3O5S2/c1-5-26-22-20(32-4)14-18(31-3)15-21(22)33-24(26)25-23(28)17-9-11-19(12-10-17)34(29,30)27-13-7-6-8-16(27)2/h9-12,14-16H,5-8,13H2,1-4H3. The highest BCUT2D eigenvalue weighted by Crippen LogP contribution is 2.33. The summed E-state index contributed by atoms with van der Waals surface area (Å²) in [5.41, 5.74) is 1.18. The first-order valence-corrected chi connectivity index (χ1v) is 13.5. The largest absolute Gasteiger partial charge is 0.497 e. The number of piperidine rings is 1. The Morgan fingerprint density at radius 1 is 1.15 bits per heavy atom. The third-order valence-corrected chi connectivity index (χ3v) is 9.19. The number of methoxy groups -OCH3 is 2. The first-order chi connectivity index (χ1) is 16.3. The third kappa shape index (κ3) is 4.49. The average Bonchev–Trinajstić information content (AvgIpc) is 3.20. The normalized spacial score (nSPS) is 17.8. The summed E-state index contributed by atoms with van der Waals surface area (Å²) >= 11 is 1.37. The molecule has 1 aliphatic rings. The lowest BCUT2D eigenvalue weighted by molar-refractivity contribution is 0.0997. The molecule has 1 unspecified atom stereocenters. The molecule has 3 aromatic rings. The Morgan fingerprint density at radius 3 is 2.50 bits per heavy atom. The van der Waals surface area contributed by atoms with E-state index < -0.39 is 15.9 Å². The Kier molecular flexibility index (Phi) is 7.11. The van der Waals surface area contributed by atoms with E-state index in [0.29, 0.717) is 35.0 Å². The predicted molar refractivity (Wildman–Crippen MR) is 132 cm³/mol. The van der Waals surface area contributed by atoms with E-state index in [1.807, 2.05) is 24.5 Å². The summed E-state index contributed by atoms with van der Waals surface area (Å²) in [4.78, 5) is 18.0. The number of aryl methyl sites for hydroxylation is 1. The number of carbonyl (C=O) groups is 1. The van der Waals surface area contributed by atoms with Gasteiger partial charge in [0.05, 0.1) is 23.8 Å². The molecule has 10 heteroatoms. The molecule has 182 valence electrons. The van der Waals surface area contributed by atoms with Gasteiger partial charge in [0.1, 0.15) is 17.0 Å². The Morgan fingerprint density at radius 2 is 1.88 bits per heavy atom. The van der Waals surface area contributed by atoms with E-state index in [4.69, 9.17) is 9.47 Å². The van der Waals surface area contributed by atoms with Crippen LogP contribution in [0.25, 0.3) is 10.2 Å². The molecule has 0 radical (unpaired) electrons. The summed E-state index contributed by atoms with van der Waals surface area (Å²) in [5.74, 6) is 0.865. The van der Waals surface area contributed by atoms with Crippen molar-refractivity contribution in [3.05, 3.63) is 46.8 Å². The van der Waals surface area contributed by atoms with Crippen molar-refractivity contribution in [2.24, 2.45) is 4.99 Å². The SMILES string of the molecule is CCn1c(=NC(=O)c2ccc(S(=O)(=O)N3CCCCC3C)cc2)sc2cc(OC)cc(OC)c21. The minimum atomic E-state index is -3.59. The molecule has 4 rings (SSSR count). The highest BCUT2D eigenvalue weighted by Gasteiger charge is 2.31. The number of carbonyl (C=O) groups excluding carboxylic acids is 1. The molecule has 0 saturated carbocycles. The first kappa shape index (κ1) is 24.4. The monoisotopic (exact) mass is 503 g/mol. The van der Waals surface area contributed by atoms with Crippen LogP contribution in [-0.4, -0.2) is 50.0 Å². The molecule has 2 aromatic carbocycles. The number of rotatable bonds is 6. The van der Waals surface area contributed by atoms with Crippen LogP contribution in [0.1, 0.15) is 43.5 Å². The Hall–Kier alpha value is -2.69. The van der Waals surface area contributed by atoms with Gasteiger partial charge in [0.15, 0.2) is 4.80 Å². The zero-order chi connectivity index (χ0) is 24.5. The van der Waals surface area contributed by atoms with Crippen molar-refractivity contribution < 1.29 is 22.7 Å². The molecule has 0 aliphatic carbocycles. The molecule has 1 aromatic heterocycles. The van der Waals surface area contributed by atoms with E-state index in [1.54, 1.807) is 24.6 Å². The van der Waals surface area contributed by atoms with Crippen LogP contribution < -0.4 is 14.3 Å². The van der Waals surface area contributed by atoms with Crippen LogP contribution in [0.2, 0.25) is 0 Å². The van der Waals surface area contributed by atoms with Gasteiger partial charge in [0.25, 0.3) is 5.91 Å². The minimum absolute atomic E-state index is 0.0249. The van der Waals surface area contributed by atoms with Crippen molar-refractivity contribution in [3.8, 4) is 11.5 Å². The molecule has 0 N–H and O–H groups in total. The summed E-state index contributed by atoms with van der Waals surface area (Å²) in [6.45, 7) is 5.03. The fourth-order valence-electron chi connectivity index (χ4n) is 4.29. The number of ether oxygens (including phenoxy) is 2. The minimum Gasteiger partial charge on any atom is -0.497 e. The Labute approximate surface area is 203 Å². The second kappa shape index (κ2) is 9.89. The van der Waals surface area contributed by atoms with Crippen LogP contribution in [0, 0.1) is 0 Å². The van der Waals surface area contributed by atoms with Gasteiger partial charge < -0.3 is 14.0 Å². The maximum absolute atomic E-state index is 13.1. The lowest BCUT2D eigenvalue weighted by atomic mass is 10.1. The number of amides is 1. The molecule has 2 heterocycles. The van der Waals surface area contributed by atoms with Crippen molar-refractivity contribution in [2.75, 3.05) is 20.8 Å². The maximum Gasteiger partial charge on any atom is 0.279 e. The van der Waals surface area contributed by atoms with Crippen LogP contribution in [-0.2, 0) is 16.6 Å². The number of nitrogens with zero attached hydrogens (tertiary/aromatic N) is 3. The summed E-state index contributed by atoms with van der Waals surface area (Å²) in [6, 6.07) is 9.71. The van der Waals surface area contributed by atoms with Crippen molar-refractivity contribution in [1.82, 2.24) is 8.87 Å². The molecule has 1 fully saturated rings. The van der Waals surface area contributed by atoms with E-state index in [-0.39, 0.29) is 10.9 Å². The molecular weight excluding hydrogens is 474 g/mol. The van der Waals surface area contributed by atoms with E-state index in [2.05, 4.69) is 4.99 Å². The Balaban J connectivity index is 1.68. The van der Waals surface area contributed by atoms with Crippen LogP contribution in [0.3, 0.4) is 0 Å². The van der Waals surface area contributed by atoms with Gasteiger partial charge in [-0.2, -0.15) is 9.30 Å². The summed E-state index contributed by atoms with van der Waals surface area (Å²) in [5, 5.41) is 0. The highest BCUT2D eigenvalue weighted by atomic mass is 32.2. The van der Waals surface area contributed by atoms with Gasteiger partial charge in [-0.25, -0.2) is 8.42 Å². The van der Waals surface area contributed by atoms with E-state index in [1.165, 1.54) is 35.6 Å². The highest BCUT2D eigenvalue weighted by molar-refractivity contribution is 7.89. The molecule has 1 amide bonds. The number of aromatic nitrogens is 1. The lowest BCUT2D eigenvalue weighted by Gasteiger charge is -2.32. The Bertz CT molecular complexity index is 1370. The zero-order valence-electron chi connectivity index (χ0n) is 19.8. The second-order valence-electron chi connectivity index (χ2n) is 8.21. The number of benzene rings is 2. The van der Waals surface area contributed by atoms with Gasteiger partial charge >= 0.3 is 0 Å². The van der Waals surface area contributed by atoms with Gasteiger partial charge in [0.2, 0.25) is 10.0 Å². The smallest absolute Gasteiger partial charge is 0.279 e. The van der Waals surface area contributed by atoms with Gasteiger partial charge in [-0.05, 0) is 57.0 Å². The number of thiazole rings is 1. The summed E-state index contributed by atoms with van der Waals surface area (Å²) in [6.07, 6.45) is 2.76.